The second-order valence-corrected chi connectivity index (χ2v) is 5.42. The minimum atomic E-state index is -0.108. The van der Waals surface area contributed by atoms with Crippen LogP contribution in [0.25, 0.3) is 0 Å². The summed E-state index contributed by atoms with van der Waals surface area (Å²) in [4.78, 5) is 12.1. The Morgan fingerprint density at radius 1 is 1.38 bits per heavy atom. The van der Waals surface area contributed by atoms with E-state index in [0.29, 0.717) is 24.5 Å². The van der Waals surface area contributed by atoms with Gasteiger partial charge < -0.3 is 20.4 Å². The molecule has 2 rings (SSSR count). The average Bonchev–Trinajstić information content (AvgIpc) is 2.86. The molecule has 0 fully saturated rings. The van der Waals surface area contributed by atoms with E-state index in [9.17, 15) is 4.79 Å². The van der Waals surface area contributed by atoms with Crippen molar-refractivity contribution in [3.63, 3.8) is 0 Å². The van der Waals surface area contributed by atoms with Crippen molar-refractivity contribution in [1.82, 2.24) is 9.88 Å². The van der Waals surface area contributed by atoms with Crippen molar-refractivity contribution in [3.8, 4) is 5.75 Å². The first-order valence-corrected chi connectivity index (χ1v) is 7.51. The van der Waals surface area contributed by atoms with E-state index < -0.39 is 0 Å². The summed E-state index contributed by atoms with van der Waals surface area (Å²) in [6.45, 7) is 3.59. The van der Waals surface area contributed by atoms with Crippen LogP contribution in [0.15, 0.2) is 41.0 Å². The van der Waals surface area contributed by atoms with Crippen molar-refractivity contribution in [2.75, 3.05) is 18.9 Å². The molecule has 6 heteroatoms. The van der Waals surface area contributed by atoms with E-state index in [4.69, 9.17) is 10.5 Å². The van der Waals surface area contributed by atoms with Crippen LogP contribution in [-0.4, -0.2) is 23.6 Å². The van der Waals surface area contributed by atoms with Crippen LogP contribution >= 0.6 is 15.9 Å². The average molecular weight is 352 g/mol. The Morgan fingerprint density at radius 2 is 2.10 bits per heavy atom. The number of anilines is 1. The highest BCUT2D eigenvalue weighted by Gasteiger charge is 2.11. The van der Waals surface area contributed by atoms with E-state index in [1.807, 2.05) is 17.7 Å². The maximum Gasteiger partial charge on any atom is 0.268 e. The molecule has 1 aromatic carbocycles. The van der Waals surface area contributed by atoms with E-state index in [2.05, 4.69) is 21.2 Å². The molecular weight excluding hydrogens is 334 g/mol. The number of carbonyl (C=O) groups excluding carboxylic acids is 1. The molecule has 0 aliphatic rings. The Kier molecular flexibility index (Phi) is 5.27. The number of aryl methyl sites for hydroxylation is 1. The van der Waals surface area contributed by atoms with Crippen LogP contribution in [0.2, 0.25) is 0 Å². The van der Waals surface area contributed by atoms with Gasteiger partial charge >= 0.3 is 0 Å². The molecule has 1 heterocycles. The van der Waals surface area contributed by atoms with Crippen LogP contribution in [0.1, 0.15) is 17.4 Å². The lowest BCUT2D eigenvalue weighted by Crippen LogP contribution is -2.29. The molecule has 3 N–H and O–H groups in total. The lowest BCUT2D eigenvalue weighted by Gasteiger charge is -2.09. The maximum atomic E-state index is 12.1. The number of amides is 1. The molecular formula is C15H18BrN3O2. The fraction of sp³-hybridized carbons (Fsp3) is 0.267. The predicted octanol–water partition coefficient (Wildman–Crippen LogP) is 2.66. The third kappa shape index (κ3) is 4.26. The molecule has 0 unspecified atom stereocenters. The number of nitrogens with one attached hydrogen (secondary N) is 1. The molecule has 112 valence electrons. The van der Waals surface area contributed by atoms with Crippen molar-refractivity contribution in [2.24, 2.45) is 0 Å². The van der Waals surface area contributed by atoms with Crippen molar-refractivity contribution in [3.05, 3.63) is 46.7 Å². The van der Waals surface area contributed by atoms with Gasteiger partial charge in [-0.1, -0.05) is 0 Å². The zero-order valence-electron chi connectivity index (χ0n) is 11.8. The van der Waals surface area contributed by atoms with Crippen molar-refractivity contribution in [1.29, 1.82) is 0 Å². The SMILES string of the molecule is CCn1cc(Br)cc1C(=O)NCCOc1ccc(N)cc1. The zero-order chi connectivity index (χ0) is 15.2. The fourth-order valence-corrected chi connectivity index (χ4v) is 2.38. The van der Waals surface area contributed by atoms with Gasteiger partial charge in [0.1, 0.15) is 18.1 Å². The zero-order valence-corrected chi connectivity index (χ0v) is 13.4. The van der Waals surface area contributed by atoms with Gasteiger partial charge in [-0.15, -0.1) is 0 Å². The molecule has 0 radical (unpaired) electrons. The summed E-state index contributed by atoms with van der Waals surface area (Å²) in [5.41, 5.74) is 6.93. The summed E-state index contributed by atoms with van der Waals surface area (Å²) in [5.74, 6) is 0.626. The van der Waals surface area contributed by atoms with Gasteiger partial charge in [-0.3, -0.25) is 4.79 Å². The molecule has 1 aromatic heterocycles. The maximum absolute atomic E-state index is 12.1. The number of benzene rings is 1. The number of halogens is 1. The number of nitrogens with two attached hydrogens (primary N) is 1. The van der Waals surface area contributed by atoms with Gasteiger partial charge in [0.2, 0.25) is 0 Å². The molecule has 0 atom stereocenters. The molecule has 21 heavy (non-hydrogen) atoms. The molecule has 0 saturated heterocycles. The molecule has 0 bridgehead atoms. The Balaban J connectivity index is 1.80. The number of aromatic nitrogens is 1. The topological polar surface area (TPSA) is 69.3 Å². The first-order chi connectivity index (χ1) is 10.1. The van der Waals surface area contributed by atoms with Crippen LogP contribution in [0.4, 0.5) is 5.69 Å². The minimum absolute atomic E-state index is 0.108. The highest BCUT2D eigenvalue weighted by Crippen LogP contribution is 2.15. The number of ether oxygens (including phenoxy) is 1. The van der Waals surface area contributed by atoms with Gasteiger partial charge in [-0.05, 0) is 53.2 Å². The normalized spacial score (nSPS) is 10.4. The van der Waals surface area contributed by atoms with E-state index in [1.54, 1.807) is 30.3 Å². The summed E-state index contributed by atoms with van der Waals surface area (Å²) in [7, 11) is 0. The highest BCUT2D eigenvalue weighted by atomic mass is 79.9. The van der Waals surface area contributed by atoms with Gasteiger partial charge in [0.25, 0.3) is 5.91 Å². The Labute approximate surface area is 132 Å². The van der Waals surface area contributed by atoms with Crippen LogP contribution in [-0.2, 0) is 6.54 Å². The number of rotatable bonds is 6. The van der Waals surface area contributed by atoms with Gasteiger partial charge in [0.15, 0.2) is 0 Å². The van der Waals surface area contributed by atoms with Crippen LogP contribution in [0.3, 0.4) is 0 Å². The standard InChI is InChI=1S/C15H18BrN3O2/c1-2-19-10-11(16)9-14(19)15(20)18-7-8-21-13-5-3-12(17)4-6-13/h3-6,9-10H,2,7-8,17H2,1H3,(H,18,20). The molecule has 1 amide bonds. The van der Waals surface area contributed by atoms with Crippen LogP contribution in [0.5, 0.6) is 5.75 Å². The number of nitrogen functional groups attached to an aromatic ring is 1. The van der Waals surface area contributed by atoms with Crippen molar-refractivity contribution >= 4 is 27.5 Å². The number of carbonyl (C=O) groups is 1. The minimum Gasteiger partial charge on any atom is -0.492 e. The third-order valence-electron chi connectivity index (χ3n) is 2.97. The van der Waals surface area contributed by atoms with Gasteiger partial charge in [-0.2, -0.15) is 0 Å². The summed E-state index contributed by atoms with van der Waals surface area (Å²) < 4.78 is 8.31. The first kappa shape index (κ1) is 15.4. The fourth-order valence-electron chi connectivity index (χ4n) is 1.91. The van der Waals surface area contributed by atoms with Crippen molar-refractivity contribution in [2.45, 2.75) is 13.5 Å². The van der Waals surface area contributed by atoms with Crippen LogP contribution in [0, 0.1) is 0 Å². The lowest BCUT2D eigenvalue weighted by atomic mass is 10.3. The number of hydrogen-bond donors (Lipinski definition) is 2. The summed E-state index contributed by atoms with van der Waals surface area (Å²) in [6.07, 6.45) is 1.89. The second-order valence-electron chi connectivity index (χ2n) is 4.50. The van der Waals surface area contributed by atoms with Crippen molar-refractivity contribution < 1.29 is 9.53 Å². The van der Waals surface area contributed by atoms with E-state index in [0.717, 1.165) is 16.8 Å². The second kappa shape index (κ2) is 7.17. The monoisotopic (exact) mass is 351 g/mol. The van der Waals surface area contributed by atoms with Crippen LogP contribution < -0.4 is 15.8 Å². The number of nitrogens with zero attached hydrogens (tertiary/aromatic N) is 1. The quantitative estimate of drug-likeness (QED) is 0.620. The summed E-state index contributed by atoms with van der Waals surface area (Å²) >= 11 is 3.37. The Bertz CT molecular complexity index is 608. The van der Waals surface area contributed by atoms with E-state index >= 15 is 0 Å². The number of hydrogen-bond acceptors (Lipinski definition) is 3. The molecule has 2 aromatic rings. The van der Waals surface area contributed by atoms with Gasteiger partial charge in [0.05, 0.1) is 6.54 Å². The Hall–Kier alpha value is -1.95. The molecule has 0 saturated carbocycles. The Morgan fingerprint density at radius 3 is 2.76 bits per heavy atom. The smallest absolute Gasteiger partial charge is 0.268 e. The lowest BCUT2D eigenvalue weighted by molar-refractivity contribution is 0.0938. The van der Waals surface area contributed by atoms with E-state index in [-0.39, 0.29) is 5.91 Å². The molecule has 0 aliphatic carbocycles. The third-order valence-corrected chi connectivity index (χ3v) is 3.41. The van der Waals surface area contributed by atoms with Gasteiger partial charge in [-0.25, -0.2) is 0 Å². The predicted molar refractivity (Wildman–Crippen MR) is 86.5 cm³/mol. The first-order valence-electron chi connectivity index (χ1n) is 6.72. The summed E-state index contributed by atoms with van der Waals surface area (Å²) in [6, 6.07) is 8.96. The van der Waals surface area contributed by atoms with E-state index in [1.165, 1.54) is 0 Å². The molecule has 0 aliphatic heterocycles. The molecule has 5 nitrogen and oxygen atoms in total. The largest absolute Gasteiger partial charge is 0.492 e. The van der Waals surface area contributed by atoms with Gasteiger partial charge in [0, 0.05) is 22.9 Å². The highest BCUT2D eigenvalue weighted by molar-refractivity contribution is 9.10. The molecule has 0 spiro atoms. The summed E-state index contributed by atoms with van der Waals surface area (Å²) in [5, 5.41) is 2.84.